The molecule has 0 fully saturated rings. The van der Waals surface area contributed by atoms with E-state index in [-0.39, 0.29) is 0 Å². The lowest BCUT2D eigenvalue weighted by Crippen LogP contribution is -2.03. The van der Waals surface area contributed by atoms with Crippen molar-refractivity contribution in [1.29, 1.82) is 0 Å². The fourth-order valence-corrected chi connectivity index (χ4v) is 2.21. The van der Waals surface area contributed by atoms with Crippen LogP contribution in [-0.4, -0.2) is 16.7 Å². The molecule has 0 saturated carbocycles. The Morgan fingerprint density at radius 3 is 3.07 bits per heavy atom. The number of rotatable bonds is 3. The molecule has 0 aliphatic rings. The van der Waals surface area contributed by atoms with Crippen molar-refractivity contribution < 1.29 is 4.52 Å². The van der Waals surface area contributed by atoms with Crippen LogP contribution in [0.1, 0.15) is 11.4 Å². The van der Waals surface area contributed by atoms with Gasteiger partial charge in [-0.3, -0.25) is 0 Å². The second kappa shape index (κ2) is 3.89. The number of nitrogens with zero attached hydrogens (tertiary/aromatic N) is 2. The van der Waals surface area contributed by atoms with Crippen LogP contribution in [0.2, 0.25) is 0 Å². The molecule has 0 saturated heterocycles. The molecule has 5 heteroatoms. The van der Waals surface area contributed by atoms with Crippen LogP contribution in [0.3, 0.4) is 0 Å². The molecule has 0 spiro atoms. The zero-order valence-corrected chi connectivity index (χ0v) is 8.67. The largest absolute Gasteiger partial charge is 0.364 e. The van der Waals surface area contributed by atoms with E-state index in [4.69, 9.17) is 10.3 Å². The van der Waals surface area contributed by atoms with Gasteiger partial charge in [-0.15, -0.1) is 11.3 Å². The molecule has 0 aromatic carbocycles. The molecule has 0 radical (unpaired) electrons. The number of nitrogens with two attached hydrogens (primary N) is 1. The molecule has 74 valence electrons. The molecule has 2 rings (SSSR count). The fraction of sp³-hybridized carbons (Fsp3) is 0.333. The summed E-state index contributed by atoms with van der Waals surface area (Å²) in [7, 11) is 0. The molecular weight excluding hydrogens is 198 g/mol. The third-order valence-electron chi connectivity index (χ3n) is 2.02. The lowest BCUT2D eigenvalue weighted by molar-refractivity contribution is 0.415. The minimum Gasteiger partial charge on any atom is -0.364 e. The molecule has 0 atom stereocenters. The van der Waals surface area contributed by atoms with Gasteiger partial charge in [-0.05, 0) is 13.5 Å². The van der Waals surface area contributed by atoms with Gasteiger partial charge in [0.2, 0.25) is 0 Å². The number of aryl methyl sites for hydroxylation is 1. The van der Waals surface area contributed by atoms with Crippen LogP contribution in [0, 0.1) is 6.92 Å². The summed E-state index contributed by atoms with van der Waals surface area (Å²) in [6.07, 6.45) is 2.45. The monoisotopic (exact) mass is 209 g/mol. The molecule has 2 aromatic heterocycles. The summed E-state index contributed by atoms with van der Waals surface area (Å²) in [6, 6.07) is 0. The van der Waals surface area contributed by atoms with E-state index in [1.807, 2.05) is 12.4 Å². The Bertz CT molecular complexity index is 421. The Morgan fingerprint density at radius 2 is 2.43 bits per heavy atom. The summed E-state index contributed by atoms with van der Waals surface area (Å²) in [5.41, 5.74) is 10.3. The molecule has 2 N–H and O–H groups in total. The summed E-state index contributed by atoms with van der Waals surface area (Å²) >= 11 is 1.59. The van der Waals surface area contributed by atoms with Crippen molar-refractivity contribution >= 4 is 11.3 Å². The van der Waals surface area contributed by atoms with E-state index in [9.17, 15) is 0 Å². The zero-order valence-electron chi connectivity index (χ0n) is 7.86. The van der Waals surface area contributed by atoms with Crippen LogP contribution in [0.15, 0.2) is 16.3 Å². The van der Waals surface area contributed by atoms with Crippen molar-refractivity contribution in [2.75, 3.05) is 6.54 Å². The highest BCUT2D eigenvalue weighted by atomic mass is 32.1. The van der Waals surface area contributed by atoms with E-state index in [1.165, 1.54) is 0 Å². The smallest absolute Gasteiger partial charge is 0.132 e. The zero-order chi connectivity index (χ0) is 9.97. The second-order valence-corrected chi connectivity index (χ2v) is 3.84. The average Bonchev–Trinajstić information content (AvgIpc) is 2.74. The maximum absolute atomic E-state index is 5.51. The number of thiazole rings is 1. The maximum atomic E-state index is 5.51. The highest BCUT2D eigenvalue weighted by molar-refractivity contribution is 7.13. The van der Waals surface area contributed by atoms with Crippen molar-refractivity contribution in [2.45, 2.75) is 13.3 Å². The first-order chi connectivity index (χ1) is 6.83. The third kappa shape index (κ3) is 1.56. The number of aromatic nitrogens is 2. The van der Waals surface area contributed by atoms with Gasteiger partial charge in [0, 0.05) is 6.42 Å². The van der Waals surface area contributed by atoms with Crippen LogP contribution >= 0.6 is 11.3 Å². The van der Waals surface area contributed by atoms with Crippen LogP contribution < -0.4 is 5.73 Å². The Morgan fingerprint density at radius 1 is 1.57 bits per heavy atom. The van der Waals surface area contributed by atoms with E-state index in [2.05, 4.69) is 10.1 Å². The molecule has 0 amide bonds. The van der Waals surface area contributed by atoms with Crippen molar-refractivity contribution in [1.82, 2.24) is 10.1 Å². The van der Waals surface area contributed by atoms with Gasteiger partial charge in [0.25, 0.3) is 0 Å². The first-order valence-corrected chi connectivity index (χ1v) is 5.24. The van der Waals surface area contributed by atoms with Crippen molar-refractivity contribution in [3.8, 4) is 10.4 Å². The molecule has 2 aromatic rings. The molecule has 14 heavy (non-hydrogen) atoms. The first-order valence-electron chi connectivity index (χ1n) is 4.36. The van der Waals surface area contributed by atoms with E-state index in [1.54, 1.807) is 17.6 Å². The van der Waals surface area contributed by atoms with Gasteiger partial charge in [-0.1, -0.05) is 5.16 Å². The summed E-state index contributed by atoms with van der Waals surface area (Å²) in [5, 5.41) is 3.85. The van der Waals surface area contributed by atoms with E-state index >= 15 is 0 Å². The highest BCUT2D eigenvalue weighted by Crippen LogP contribution is 2.29. The van der Waals surface area contributed by atoms with Gasteiger partial charge in [0.05, 0.1) is 27.3 Å². The quantitative estimate of drug-likeness (QED) is 0.834. The normalized spacial score (nSPS) is 10.7. The van der Waals surface area contributed by atoms with Crippen LogP contribution in [0.4, 0.5) is 0 Å². The summed E-state index contributed by atoms with van der Waals surface area (Å²) < 4.78 is 4.90. The van der Waals surface area contributed by atoms with Gasteiger partial charge < -0.3 is 10.3 Å². The molecular formula is C9H11N3OS. The van der Waals surface area contributed by atoms with Crippen LogP contribution in [0.5, 0.6) is 0 Å². The van der Waals surface area contributed by atoms with Crippen LogP contribution in [0.25, 0.3) is 10.4 Å². The lowest BCUT2D eigenvalue weighted by Gasteiger charge is -1.97. The predicted molar refractivity (Wildman–Crippen MR) is 55.1 cm³/mol. The number of hydrogen-bond donors (Lipinski definition) is 1. The van der Waals surface area contributed by atoms with Crippen LogP contribution in [-0.2, 0) is 6.42 Å². The van der Waals surface area contributed by atoms with Crippen molar-refractivity contribution in [3.05, 3.63) is 23.2 Å². The Balaban J connectivity index is 2.41. The molecule has 4 nitrogen and oxygen atoms in total. The SMILES string of the molecule is Cc1nocc1-c1scnc1CCN. The summed E-state index contributed by atoms with van der Waals surface area (Å²) in [5.74, 6) is 0. The summed E-state index contributed by atoms with van der Waals surface area (Å²) in [6.45, 7) is 2.53. The minimum absolute atomic E-state index is 0.612. The molecule has 0 aliphatic carbocycles. The first kappa shape index (κ1) is 9.36. The third-order valence-corrected chi connectivity index (χ3v) is 2.92. The molecule has 0 unspecified atom stereocenters. The maximum Gasteiger partial charge on any atom is 0.132 e. The molecule has 0 aliphatic heterocycles. The molecule has 2 heterocycles. The topological polar surface area (TPSA) is 64.9 Å². The van der Waals surface area contributed by atoms with Gasteiger partial charge in [-0.2, -0.15) is 0 Å². The Hall–Kier alpha value is -1.20. The van der Waals surface area contributed by atoms with E-state index < -0.39 is 0 Å². The predicted octanol–water partition coefficient (Wildman–Crippen LogP) is 1.61. The van der Waals surface area contributed by atoms with Gasteiger partial charge in [0.1, 0.15) is 6.26 Å². The van der Waals surface area contributed by atoms with Crippen molar-refractivity contribution in [2.24, 2.45) is 5.73 Å². The minimum atomic E-state index is 0.612. The van der Waals surface area contributed by atoms with Crippen molar-refractivity contribution in [3.63, 3.8) is 0 Å². The summed E-state index contributed by atoms with van der Waals surface area (Å²) in [4.78, 5) is 5.39. The number of hydrogen-bond acceptors (Lipinski definition) is 5. The Kier molecular flexibility index (Phi) is 2.60. The lowest BCUT2D eigenvalue weighted by atomic mass is 10.1. The molecule has 0 bridgehead atoms. The standard InChI is InChI=1S/C9H11N3OS/c1-6-7(4-13-12-6)9-8(2-3-10)11-5-14-9/h4-5H,2-3,10H2,1H3. The van der Waals surface area contributed by atoms with E-state index in [0.717, 1.165) is 28.2 Å². The average molecular weight is 209 g/mol. The van der Waals surface area contributed by atoms with E-state index in [0.29, 0.717) is 6.54 Å². The second-order valence-electron chi connectivity index (χ2n) is 2.98. The van der Waals surface area contributed by atoms with Gasteiger partial charge in [0.15, 0.2) is 0 Å². The highest BCUT2D eigenvalue weighted by Gasteiger charge is 2.12. The van der Waals surface area contributed by atoms with Gasteiger partial charge >= 0.3 is 0 Å². The van der Waals surface area contributed by atoms with Gasteiger partial charge in [-0.25, -0.2) is 4.98 Å². The fourth-order valence-electron chi connectivity index (χ4n) is 1.31. The Labute approximate surface area is 85.7 Å².